The molecule has 0 radical (unpaired) electrons. The highest BCUT2D eigenvalue weighted by Gasteiger charge is 2.17. The van der Waals surface area contributed by atoms with E-state index in [-0.39, 0.29) is 40.3 Å². The summed E-state index contributed by atoms with van der Waals surface area (Å²) >= 11 is 6.05. The van der Waals surface area contributed by atoms with Crippen molar-refractivity contribution in [3.63, 3.8) is 0 Å². The Bertz CT molecular complexity index is 1130. The molecule has 8 nitrogen and oxygen atoms in total. The highest BCUT2D eigenvalue weighted by atomic mass is 35.5. The zero-order valence-electron chi connectivity index (χ0n) is 15.7. The number of azo groups is 1. The first-order chi connectivity index (χ1) is 13.9. The smallest absolute Gasteiger partial charge is 0.255 e. The lowest BCUT2D eigenvalue weighted by Gasteiger charge is -2.08. The van der Waals surface area contributed by atoms with Gasteiger partial charge in [-0.25, -0.2) is 9.53 Å². The second kappa shape index (κ2) is 8.54. The van der Waals surface area contributed by atoms with Gasteiger partial charge in [-0.2, -0.15) is 10.2 Å². The minimum Gasteiger partial charge on any atom is -0.504 e. The Hall–Kier alpha value is -3.70. The van der Waals surface area contributed by atoms with Gasteiger partial charge in [0.25, 0.3) is 5.69 Å². The number of nitrogens with one attached hydrogen (secondary N) is 1. The maximum Gasteiger partial charge on any atom is 0.255 e. The molecule has 0 fully saturated rings. The zero-order valence-corrected chi connectivity index (χ0v) is 16.5. The van der Waals surface area contributed by atoms with Crippen molar-refractivity contribution in [3.8, 4) is 11.4 Å². The number of halogens is 1. The number of carbonyl (C=O) groups is 1. The minimum atomic E-state index is -0.279. The second-order valence-electron chi connectivity index (χ2n) is 6.04. The third-order valence-corrected chi connectivity index (χ3v) is 4.31. The molecular weight excluding hydrogens is 392 g/mol. The van der Waals surface area contributed by atoms with Gasteiger partial charge in [0, 0.05) is 6.42 Å². The lowest BCUT2D eigenvalue weighted by molar-refractivity contribution is -0.115. The van der Waals surface area contributed by atoms with Crippen molar-refractivity contribution in [2.75, 3.05) is 5.32 Å². The molecule has 3 rings (SSSR count). The largest absolute Gasteiger partial charge is 0.504 e. The van der Waals surface area contributed by atoms with Gasteiger partial charge >= 0.3 is 0 Å². The molecule has 0 bridgehead atoms. The van der Waals surface area contributed by atoms with Crippen molar-refractivity contribution in [2.24, 2.45) is 10.2 Å². The molecule has 0 atom stereocenters. The molecule has 0 saturated carbocycles. The molecule has 1 amide bonds. The summed E-state index contributed by atoms with van der Waals surface area (Å²) in [6.45, 7) is 10.9. The summed E-state index contributed by atoms with van der Waals surface area (Å²) in [5, 5.41) is 25.4. The van der Waals surface area contributed by atoms with Gasteiger partial charge in [-0.15, -0.1) is 5.11 Å². The van der Waals surface area contributed by atoms with Gasteiger partial charge < -0.3 is 10.4 Å². The van der Waals surface area contributed by atoms with Crippen molar-refractivity contribution in [1.82, 2.24) is 9.78 Å². The third kappa shape index (κ3) is 4.25. The number of aryl methyl sites for hydroxylation is 1. The predicted molar refractivity (Wildman–Crippen MR) is 111 cm³/mol. The number of aromatic nitrogens is 2. The van der Waals surface area contributed by atoms with Gasteiger partial charge in [0.05, 0.1) is 34.4 Å². The van der Waals surface area contributed by atoms with E-state index >= 15 is 0 Å². The molecule has 0 unspecified atom stereocenters. The minimum absolute atomic E-state index is 0.0194. The van der Waals surface area contributed by atoms with Crippen LogP contribution >= 0.6 is 11.6 Å². The molecule has 0 aliphatic carbocycles. The molecule has 3 aromatic rings. The number of para-hydroxylation sites is 1. The number of amides is 1. The van der Waals surface area contributed by atoms with E-state index in [4.69, 9.17) is 18.2 Å². The summed E-state index contributed by atoms with van der Waals surface area (Å²) in [4.78, 5) is 15.2. The Labute approximate surface area is 172 Å². The van der Waals surface area contributed by atoms with Crippen LogP contribution in [0.3, 0.4) is 0 Å². The standard InChI is InChI=1S/C20H17ClN6O2/c1-4-17(28)23-16-11-13(10-15(21)19(16)29)24-25-20-18(22-3)12(2)26-27(20)14-8-6-5-7-9-14/h5-11,29H,4H2,1-2H3,(H,23,28). The van der Waals surface area contributed by atoms with Crippen LogP contribution in [0.15, 0.2) is 52.7 Å². The Balaban J connectivity index is 2.05. The molecule has 0 aliphatic heterocycles. The van der Waals surface area contributed by atoms with Gasteiger partial charge in [0.2, 0.25) is 5.91 Å². The van der Waals surface area contributed by atoms with Gasteiger partial charge in [0.1, 0.15) is 0 Å². The summed E-state index contributed by atoms with van der Waals surface area (Å²) in [7, 11) is 0. The van der Waals surface area contributed by atoms with Gasteiger partial charge in [-0.3, -0.25) is 4.79 Å². The van der Waals surface area contributed by atoms with Crippen LogP contribution in [0.4, 0.5) is 22.9 Å². The van der Waals surface area contributed by atoms with E-state index < -0.39 is 0 Å². The number of carbonyl (C=O) groups excluding carboxylic acids is 1. The average Bonchev–Trinajstić information content (AvgIpc) is 3.05. The number of rotatable bonds is 5. The molecule has 1 aromatic heterocycles. The van der Waals surface area contributed by atoms with E-state index in [9.17, 15) is 9.90 Å². The van der Waals surface area contributed by atoms with Gasteiger partial charge in [0.15, 0.2) is 11.6 Å². The van der Waals surface area contributed by atoms with Crippen LogP contribution in [0.5, 0.6) is 5.75 Å². The first-order valence-electron chi connectivity index (χ1n) is 8.71. The summed E-state index contributed by atoms with van der Waals surface area (Å²) < 4.78 is 1.54. The van der Waals surface area contributed by atoms with Gasteiger partial charge in [-0.1, -0.05) is 36.7 Å². The number of phenolic OH excluding ortho intramolecular Hbond substituents is 1. The quantitative estimate of drug-likeness (QED) is 0.314. The number of hydrogen-bond donors (Lipinski definition) is 2. The monoisotopic (exact) mass is 408 g/mol. The Kier molecular flexibility index (Phi) is 5.90. The normalized spacial score (nSPS) is 10.8. The molecule has 0 saturated heterocycles. The molecule has 0 spiro atoms. The van der Waals surface area contributed by atoms with E-state index in [0.717, 1.165) is 5.69 Å². The predicted octanol–water partition coefficient (Wildman–Crippen LogP) is 5.85. The first kappa shape index (κ1) is 20.0. The summed E-state index contributed by atoms with van der Waals surface area (Å²) in [5.74, 6) is -0.259. The lowest BCUT2D eigenvalue weighted by atomic mass is 10.2. The number of aromatic hydroxyl groups is 1. The molecule has 1 heterocycles. The summed E-state index contributed by atoms with van der Waals surface area (Å²) in [6, 6.07) is 12.1. The summed E-state index contributed by atoms with van der Waals surface area (Å²) in [6.07, 6.45) is 0.243. The lowest BCUT2D eigenvalue weighted by Crippen LogP contribution is -2.09. The van der Waals surface area contributed by atoms with Crippen molar-refractivity contribution in [2.45, 2.75) is 20.3 Å². The van der Waals surface area contributed by atoms with E-state index in [2.05, 4.69) is 25.5 Å². The number of anilines is 1. The molecule has 2 N–H and O–H groups in total. The number of phenols is 1. The number of benzene rings is 2. The van der Waals surface area contributed by atoms with Crippen LogP contribution in [0.1, 0.15) is 19.0 Å². The van der Waals surface area contributed by atoms with Crippen LogP contribution in [0, 0.1) is 13.5 Å². The SMILES string of the molecule is [C-]#[N+]c1c(C)nn(-c2ccccc2)c1N=Nc1cc(Cl)c(O)c(NC(=O)CC)c1. The second-order valence-corrected chi connectivity index (χ2v) is 6.45. The average molecular weight is 409 g/mol. The Morgan fingerprint density at radius 3 is 2.69 bits per heavy atom. The van der Waals surface area contributed by atoms with Crippen molar-refractivity contribution < 1.29 is 9.90 Å². The maximum absolute atomic E-state index is 11.7. The van der Waals surface area contributed by atoms with Crippen LogP contribution in [-0.2, 0) is 4.79 Å². The van der Waals surface area contributed by atoms with Gasteiger partial charge in [-0.05, 0) is 31.2 Å². The fraction of sp³-hybridized carbons (Fsp3) is 0.150. The Morgan fingerprint density at radius 1 is 1.31 bits per heavy atom. The van der Waals surface area contributed by atoms with Crippen LogP contribution < -0.4 is 5.32 Å². The molecule has 0 aliphatic rings. The first-order valence-corrected chi connectivity index (χ1v) is 9.09. The molecule has 146 valence electrons. The van der Waals surface area contributed by atoms with E-state index in [1.165, 1.54) is 16.8 Å². The molecule has 29 heavy (non-hydrogen) atoms. The van der Waals surface area contributed by atoms with Crippen molar-refractivity contribution in [3.05, 3.63) is 64.6 Å². The molecule has 2 aromatic carbocycles. The number of nitrogens with zero attached hydrogens (tertiary/aromatic N) is 5. The maximum atomic E-state index is 11.7. The van der Waals surface area contributed by atoms with E-state index in [1.807, 2.05) is 30.3 Å². The van der Waals surface area contributed by atoms with E-state index in [1.54, 1.807) is 13.8 Å². The fourth-order valence-corrected chi connectivity index (χ4v) is 2.77. The van der Waals surface area contributed by atoms with Crippen LogP contribution in [0.25, 0.3) is 10.5 Å². The molecular formula is C20H17ClN6O2. The van der Waals surface area contributed by atoms with Crippen molar-refractivity contribution >= 4 is 40.4 Å². The topological polar surface area (TPSA) is 96.2 Å². The van der Waals surface area contributed by atoms with E-state index in [0.29, 0.717) is 11.4 Å². The molecule has 9 heteroatoms. The zero-order chi connectivity index (χ0) is 21.0. The highest BCUT2D eigenvalue weighted by molar-refractivity contribution is 6.32. The summed E-state index contributed by atoms with van der Waals surface area (Å²) in [5.41, 5.74) is 1.98. The fourth-order valence-electron chi connectivity index (χ4n) is 2.56. The van der Waals surface area contributed by atoms with Crippen LogP contribution in [-0.4, -0.2) is 20.8 Å². The Morgan fingerprint density at radius 2 is 2.03 bits per heavy atom. The van der Waals surface area contributed by atoms with Crippen molar-refractivity contribution in [1.29, 1.82) is 0 Å². The van der Waals surface area contributed by atoms with Crippen LogP contribution in [0.2, 0.25) is 5.02 Å². The number of hydrogen-bond acceptors (Lipinski definition) is 5. The third-order valence-electron chi connectivity index (χ3n) is 4.02. The highest BCUT2D eigenvalue weighted by Crippen LogP contribution is 2.39.